The molecule has 0 aliphatic carbocycles. The van der Waals surface area contributed by atoms with Crippen LogP contribution in [-0.4, -0.2) is 113 Å². The minimum Gasteiger partial charge on any atom is -0.479 e. The first-order valence-corrected chi connectivity index (χ1v) is 27.5. The van der Waals surface area contributed by atoms with Gasteiger partial charge in [-0.25, -0.2) is 14.0 Å². The van der Waals surface area contributed by atoms with Gasteiger partial charge in [0.2, 0.25) is 11.8 Å². The van der Waals surface area contributed by atoms with Gasteiger partial charge in [0.05, 0.1) is 18.1 Å². The van der Waals surface area contributed by atoms with E-state index in [2.05, 4.69) is 48.5 Å². The van der Waals surface area contributed by atoms with Crippen LogP contribution in [0.4, 0.5) is 20.6 Å². The van der Waals surface area contributed by atoms with Crippen LogP contribution in [0.3, 0.4) is 0 Å². The van der Waals surface area contributed by atoms with Crippen LogP contribution in [-0.2, 0) is 46.3 Å². The Kier molecular flexibility index (Phi) is 22.8. The monoisotopic (exact) mass is 1150 g/mol. The highest BCUT2D eigenvalue weighted by molar-refractivity contribution is 7.13. The standard InChI is InChI=1S/C31H34FN5O6S.C26H28N4O6.C2H6/c1-18(20-4-2-5-21(14-20)25-6-3-13-44-25)33-29(39)24-15-22(34-23-16-37(17-23)12-11-32)9-7-19(24)8-10-26(38)35-36-30(40)27-28(43-27)31(41)42;1-15(20-9-5-7-17-6-3-4-8-21(17)20)28-25(33)22-14-19(27)12-10-18(22)11-13-23(31)29-30-24(32)16(2)36-26(34)35;1-2/h2-7,9,13-15,18,23,27-28,34H,8,10-12,16-17H2,1H3,(H,33,39)(H,35,38)(H,36,40)(H,41,42);3-10,12,14-16H,11,13,27H2,1-2H3,(H,28,33)(H,29,31)(H,30,32)(H,34,35);1-2H3. The number of thiophene rings is 1. The van der Waals surface area contributed by atoms with Crippen LogP contribution < -0.4 is 43.4 Å². The van der Waals surface area contributed by atoms with Crippen LogP contribution in [0.2, 0.25) is 0 Å². The first kappa shape index (κ1) is 62.3. The summed E-state index contributed by atoms with van der Waals surface area (Å²) in [6.07, 6.45) is -4.93. The van der Waals surface area contributed by atoms with Crippen molar-refractivity contribution >= 4 is 81.1 Å². The van der Waals surface area contributed by atoms with Gasteiger partial charge in [-0.1, -0.05) is 92.7 Å². The molecule has 0 radical (unpaired) electrons. The summed E-state index contributed by atoms with van der Waals surface area (Å²) in [5, 5.41) is 31.1. The molecule has 2 aliphatic heterocycles. The molecule has 5 aromatic carbocycles. The molecule has 82 heavy (non-hydrogen) atoms. The number of nitrogen functional groups attached to an aromatic ring is 1. The van der Waals surface area contributed by atoms with Crippen molar-refractivity contribution in [2.24, 2.45) is 0 Å². The molecule has 5 unspecified atom stereocenters. The maximum absolute atomic E-state index is 13.6. The maximum Gasteiger partial charge on any atom is 0.506 e. The molecule has 3 heterocycles. The predicted octanol–water partition coefficient (Wildman–Crippen LogP) is 7.01. The molecular weight excluding hydrogens is 1080 g/mol. The van der Waals surface area contributed by atoms with E-state index in [4.69, 9.17) is 20.7 Å². The molecule has 0 bridgehead atoms. The maximum atomic E-state index is 13.6. The lowest BCUT2D eigenvalue weighted by molar-refractivity contribution is -0.138. The summed E-state index contributed by atoms with van der Waals surface area (Å²) in [6, 6.07) is 35.7. The summed E-state index contributed by atoms with van der Waals surface area (Å²) in [5.41, 5.74) is 20.8. The van der Waals surface area contributed by atoms with Gasteiger partial charge < -0.3 is 41.4 Å². The quantitative estimate of drug-likeness (QED) is 0.0150. The van der Waals surface area contributed by atoms with Gasteiger partial charge in [-0.2, -0.15) is 0 Å². The number of halogens is 1. The van der Waals surface area contributed by atoms with E-state index >= 15 is 0 Å². The number of hydrogen-bond acceptors (Lipinski definition) is 14. The molecule has 8 rings (SSSR count). The van der Waals surface area contributed by atoms with Gasteiger partial charge in [0.15, 0.2) is 18.3 Å². The molecule has 434 valence electrons. The number of anilines is 2. The molecular formula is C59H68FN9O12S. The third kappa shape index (κ3) is 17.8. The first-order chi connectivity index (χ1) is 39.4. The molecule has 11 N–H and O–H groups in total. The number of benzene rings is 5. The van der Waals surface area contributed by atoms with Gasteiger partial charge in [-0.3, -0.25) is 55.4 Å². The smallest absolute Gasteiger partial charge is 0.479 e. The van der Waals surface area contributed by atoms with E-state index in [9.17, 15) is 42.7 Å². The van der Waals surface area contributed by atoms with Crippen molar-refractivity contribution in [2.75, 3.05) is 37.4 Å². The molecule has 23 heteroatoms. The van der Waals surface area contributed by atoms with Crippen molar-refractivity contribution in [3.05, 3.63) is 154 Å². The van der Waals surface area contributed by atoms with Crippen molar-refractivity contribution in [1.29, 1.82) is 0 Å². The number of nitrogens with zero attached hydrogens (tertiary/aromatic N) is 1. The Morgan fingerprint density at radius 3 is 2.00 bits per heavy atom. The fourth-order valence-corrected chi connectivity index (χ4v) is 9.55. The molecule has 21 nitrogen and oxygen atoms in total. The number of carbonyl (C=O) groups excluding carboxylic acids is 6. The second kappa shape index (κ2) is 30.0. The zero-order chi connectivity index (χ0) is 59.5. The Labute approximate surface area is 477 Å². The summed E-state index contributed by atoms with van der Waals surface area (Å²) in [7, 11) is 0. The van der Waals surface area contributed by atoms with Crippen molar-refractivity contribution in [2.45, 2.75) is 96.7 Å². The second-order valence-electron chi connectivity index (χ2n) is 19.1. The molecule has 2 fully saturated rings. The number of aliphatic carboxylic acids is 1. The normalized spacial score (nSPS) is 15.4. The SMILES string of the molecule is CC.CC(NC(=O)c1cc(NC2CN(CCF)C2)ccc1CCC(=O)NNC(=O)C1OC1C(=O)O)c1cccc(-c2cccs2)c1.CC(OC(=O)O)C(=O)NNC(=O)CCc1ccc(N)cc1C(=O)NC(C)c1cccc2ccccc12. The summed E-state index contributed by atoms with van der Waals surface area (Å²) < 4.78 is 21.7. The fourth-order valence-electron chi connectivity index (χ4n) is 8.82. The fraction of sp³-hybridized carbons (Fsp3) is 0.322. The van der Waals surface area contributed by atoms with Crippen LogP contribution in [0, 0.1) is 0 Å². The van der Waals surface area contributed by atoms with E-state index < -0.39 is 60.7 Å². The zero-order valence-corrected chi connectivity index (χ0v) is 46.8. The van der Waals surface area contributed by atoms with Crippen molar-refractivity contribution in [3.8, 4) is 10.4 Å². The average Bonchev–Trinajstić information content (AvgIpc) is 4.24. The Hall–Kier alpha value is -8.93. The third-order valence-electron chi connectivity index (χ3n) is 13.2. The number of fused-ring (bicyclic) bond motifs is 1. The summed E-state index contributed by atoms with van der Waals surface area (Å²) >= 11 is 1.64. The second-order valence-corrected chi connectivity index (χ2v) is 20.0. The van der Waals surface area contributed by atoms with E-state index in [1.807, 2.05) is 117 Å². The molecule has 6 amide bonds. The number of nitrogens with one attached hydrogen (secondary N) is 7. The molecule has 2 saturated heterocycles. The highest BCUT2D eigenvalue weighted by atomic mass is 32.1. The van der Waals surface area contributed by atoms with Gasteiger partial charge in [0.1, 0.15) is 6.67 Å². The van der Waals surface area contributed by atoms with Crippen LogP contribution in [0.5, 0.6) is 0 Å². The van der Waals surface area contributed by atoms with E-state index in [-0.39, 0.29) is 55.6 Å². The van der Waals surface area contributed by atoms with Crippen LogP contribution in [0.25, 0.3) is 21.2 Å². The molecule has 5 atom stereocenters. The number of amides is 6. The molecule has 2 aliphatic rings. The average molecular weight is 1150 g/mol. The van der Waals surface area contributed by atoms with E-state index in [1.54, 1.807) is 41.7 Å². The summed E-state index contributed by atoms with van der Waals surface area (Å²) in [6.45, 7) is 10.5. The summed E-state index contributed by atoms with van der Waals surface area (Å²) in [4.78, 5) is 99.7. The third-order valence-corrected chi connectivity index (χ3v) is 14.1. The Balaban J connectivity index is 0.000000261. The van der Waals surface area contributed by atoms with Crippen LogP contribution in [0.15, 0.2) is 121 Å². The highest BCUT2D eigenvalue weighted by Crippen LogP contribution is 2.29. The number of carboxylic acids is 1. The predicted molar refractivity (Wildman–Crippen MR) is 308 cm³/mol. The number of nitrogens with two attached hydrogens (primary N) is 1. The topological polar surface area (TPSA) is 312 Å². The Morgan fingerprint density at radius 2 is 1.35 bits per heavy atom. The number of epoxide rings is 1. The van der Waals surface area contributed by atoms with Crippen LogP contribution in [0.1, 0.15) is 103 Å². The number of alkyl halides is 1. The van der Waals surface area contributed by atoms with Gasteiger partial charge in [0, 0.05) is 59.9 Å². The summed E-state index contributed by atoms with van der Waals surface area (Å²) in [5.74, 6) is -4.49. The van der Waals surface area contributed by atoms with Gasteiger partial charge >= 0.3 is 12.1 Å². The number of carboxylic acid groups (broad SMARTS) is 2. The number of ether oxygens (including phenoxy) is 2. The van der Waals surface area contributed by atoms with Crippen molar-refractivity contribution in [1.82, 2.24) is 37.2 Å². The van der Waals surface area contributed by atoms with Gasteiger partial charge in [-0.05, 0) is 114 Å². The van der Waals surface area contributed by atoms with Crippen LogP contribution >= 0.6 is 11.3 Å². The minimum atomic E-state index is -1.60. The number of hydrazine groups is 2. The lowest BCUT2D eigenvalue weighted by Gasteiger charge is -2.39. The van der Waals surface area contributed by atoms with E-state index in [1.165, 1.54) is 6.92 Å². The number of likely N-dealkylation sites (tertiary alicyclic amines) is 1. The lowest BCUT2D eigenvalue weighted by atomic mass is 9.98. The lowest BCUT2D eigenvalue weighted by Crippen LogP contribution is -2.55. The highest BCUT2D eigenvalue weighted by Gasteiger charge is 2.51. The molecule has 0 saturated carbocycles. The Bertz CT molecular complexity index is 3230. The van der Waals surface area contributed by atoms with Crippen molar-refractivity contribution in [3.63, 3.8) is 0 Å². The molecule has 0 spiro atoms. The molecule has 1 aromatic heterocycles. The van der Waals surface area contributed by atoms with Gasteiger partial charge in [-0.15, -0.1) is 11.3 Å². The largest absolute Gasteiger partial charge is 0.506 e. The Morgan fingerprint density at radius 1 is 0.720 bits per heavy atom. The molecule has 6 aromatic rings. The number of rotatable bonds is 21. The number of aryl methyl sites for hydroxylation is 2. The van der Waals surface area contributed by atoms with E-state index in [0.717, 1.165) is 38.0 Å². The van der Waals surface area contributed by atoms with Crippen molar-refractivity contribution < 1.29 is 62.4 Å². The minimum absolute atomic E-state index is 0.0412. The van der Waals surface area contributed by atoms with Gasteiger partial charge in [0.25, 0.3) is 23.6 Å². The zero-order valence-electron chi connectivity index (χ0n) is 46.0. The number of hydrogen-bond donors (Lipinski definition) is 10. The number of carbonyl (C=O) groups is 8. The van der Waals surface area contributed by atoms with E-state index in [0.29, 0.717) is 47.6 Å². The first-order valence-electron chi connectivity index (χ1n) is 26.6.